The van der Waals surface area contributed by atoms with Crippen molar-refractivity contribution >= 4 is 0 Å². The van der Waals surface area contributed by atoms with Crippen LogP contribution in [0.1, 0.15) is 29.7 Å². The Hall–Kier alpha value is -2.86. The lowest BCUT2D eigenvalue weighted by Gasteiger charge is -2.20. The summed E-state index contributed by atoms with van der Waals surface area (Å²) in [6.45, 7) is 0.0721. The molecule has 126 valence electrons. The molecule has 0 spiro atoms. The summed E-state index contributed by atoms with van der Waals surface area (Å²) in [4.78, 5) is 4.21. The van der Waals surface area contributed by atoms with E-state index in [1.807, 2.05) is 35.0 Å². The smallest absolute Gasteiger partial charge is 0.231 e. The molecule has 5 nitrogen and oxygen atoms in total. The third-order valence-corrected chi connectivity index (χ3v) is 4.89. The Balaban J connectivity index is 1.50. The first-order valence-electron chi connectivity index (χ1n) is 8.10. The minimum atomic E-state index is -0.971. The van der Waals surface area contributed by atoms with Crippen molar-refractivity contribution in [1.29, 1.82) is 0 Å². The molecule has 0 fully saturated rings. The number of aliphatic hydroxyl groups is 1. The number of nitrogens with zero attached hydrogens (tertiary/aromatic N) is 2. The van der Waals surface area contributed by atoms with E-state index in [4.69, 9.17) is 9.47 Å². The number of ether oxygens (including phenoxy) is 2. The summed E-state index contributed by atoms with van der Waals surface area (Å²) in [7, 11) is 0. The molecule has 0 aliphatic carbocycles. The molecule has 6 heteroatoms. The highest BCUT2D eigenvalue weighted by molar-refractivity contribution is 5.69. The minimum Gasteiger partial charge on any atom is -0.454 e. The predicted octanol–water partition coefficient (Wildman–Crippen LogP) is 3.44. The number of hydrogen-bond donors (Lipinski definition) is 1. The van der Waals surface area contributed by atoms with E-state index in [-0.39, 0.29) is 18.4 Å². The van der Waals surface area contributed by atoms with Crippen molar-refractivity contribution in [3.63, 3.8) is 0 Å². The summed E-state index contributed by atoms with van der Waals surface area (Å²) < 4.78 is 26.9. The van der Waals surface area contributed by atoms with E-state index < -0.39 is 11.9 Å². The number of imidazole rings is 1. The number of rotatable bonds is 3. The Morgan fingerprint density at radius 3 is 2.92 bits per heavy atom. The van der Waals surface area contributed by atoms with Crippen LogP contribution in [0.3, 0.4) is 0 Å². The van der Waals surface area contributed by atoms with Crippen LogP contribution in [0.4, 0.5) is 4.39 Å². The van der Waals surface area contributed by atoms with Crippen molar-refractivity contribution in [3.05, 3.63) is 65.9 Å². The molecule has 0 amide bonds. The molecule has 25 heavy (non-hydrogen) atoms. The van der Waals surface area contributed by atoms with E-state index in [1.165, 1.54) is 12.1 Å². The molecule has 1 N–H and O–H groups in total. The maximum Gasteiger partial charge on any atom is 0.231 e. The molecule has 0 unspecified atom stereocenters. The number of fused-ring (bicyclic) bond motifs is 4. The van der Waals surface area contributed by atoms with Crippen molar-refractivity contribution < 1.29 is 19.0 Å². The fourth-order valence-corrected chi connectivity index (χ4v) is 3.70. The van der Waals surface area contributed by atoms with Gasteiger partial charge in [-0.05, 0) is 11.6 Å². The molecule has 0 saturated carbocycles. The van der Waals surface area contributed by atoms with Crippen LogP contribution >= 0.6 is 0 Å². The van der Waals surface area contributed by atoms with Gasteiger partial charge in [0, 0.05) is 23.6 Å². The van der Waals surface area contributed by atoms with Crippen LogP contribution in [-0.2, 0) is 0 Å². The van der Waals surface area contributed by atoms with E-state index in [2.05, 4.69) is 4.98 Å². The fourth-order valence-electron chi connectivity index (χ4n) is 3.70. The van der Waals surface area contributed by atoms with Gasteiger partial charge in [-0.2, -0.15) is 0 Å². The number of halogens is 1. The van der Waals surface area contributed by atoms with Gasteiger partial charge in [0.15, 0.2) is 11.5 Å². The van der Waals surface area contributed by atoms with Crippen LogP contribution in [0.2, 0.25) is 0 Å². The van der Waals surface area contributed by atoms with Crippen LogP contribution in [-0.4, -0.2) is 21.5 Å². The maximum absolute atomic E-state index is 14.4. The van der Waals surface area contributed by atoms with Crippen molar-refractivity contribution in [2.24, 2.45) is 0 Å². The monoisotopic (exact) mass is 338 g/mol. The molecule has 2 aliphatic rings. The predicted molar refractivity (Wildman–Crippen MR) is 87.9 cm³/mol. The van der Waals surface area contributed by atoms with Crippen LogP contribution in [0, 0.1) is 5.82 Å². The average Bonchev–Trinajstić information content (AvgIpc) is 3.31. The zero-order valence-electron chi connectivity index (χ0n) is 13.2. The number of benzene rings is 2. The van der Waals surface area contributed by atoms with Gasteiger partial charge < -0.3 is 19.1 Å². The maximum atomic E-state index is 14.4. The molecule has 0 bridgehead atoms. The molecule has 5 rings (SSSR count). The molecule has 0 radical (unpaired) electrons. The summed E-state index contributed by atoms with van der Waals surface area (Å²) in [5.74, 6) is 0.344. The van der Waals surface area contributed by atoms with E-state index >= 15 is 0 Å². The quantitative estimate of drug-likeness (QED) is 0.795. The highest BCUT2D eigenvalue weighted by Gasteiger charge is 2.31. The second-order valence-corrected chi connectivity index (χ2v) is 6.27. The highest BCUT2D eigenvalue weighted by atomic mass is 19.1. The van der Waals surface area contributed by atoms with Crippen molar-refractivity contribution in [3.8, 4) is 22.8 Å². The SMILES string of the molecule is O[C@H](C[C@H]1c2ccccc2-c2cncn21)c1cc2c(cc1F)OCO2. The van der Waals surface area contributed by atoms with Gasteiger partial charge >= 0.3 is 0 Å². The summed E-state index contributed by atoms with van der Waals surface area (Å²) in [5.41, 5.74) is 3.44. The van der Waals surface area contributed by atoms with Crippen LogP contribution in [0.25, 0.3) is 11.3 Å². The second-order valence-electron chi connectivity index (χ2n) is 6.27. The van der Waals surface area contributed by atoms with Crippen LogP contribution < -0.4 is 9.47 Å². The van der Waals surface area contributed by atoms with E-state index in [1.54, 1.807) is 6.33 Å². The Kier molecular flexibility index (Phi) is 3.08. The zero-order valence-corrected chi connectivity index (χ0v) is 13.2. The molecule has 3 aromatic rings. The van der Waals surface area contributed by atoms with Gasteiger partial charge in [0.1, 0.15) is 5.82 Å². The Morgan fingerprint density at radius 1 is 1.24 bits per heavy atom. The Labute approximate surface area is 143 Å². The lowest BCUT2D eigenvalue weighted by molar-refractivity contribution is 0.149. The largest absolute Gasteiger partial charge is 0.454 e. The van der Waals surface area contributed by atoms with E-state index in [0.29, 0.717) is 17.9 Å². The number of aromatic nitrogens is 2. The minimum absolute atomic E-state index is 0.0721. The zero-order chi connectivity index (χ0) is 17.0. The third kappa shape index (κ3) is 2.14. The normalized spacial score (nSPS) is 18.1. The van der Waals surface area contributed by atoms with Crippen LogP contribution in [0.15, 0.2) is 48.9 Å². The van der Waals surface area contributed by atoms with Crippen molar-refractivity contribution in [1.82, 2.24) is 9.55 Å². The molecule has 1 aromatic heterocycles. The third-order valence-electron chi connectivity index (χ3n) is 4.89. The van der Waals surface area contributed by atoms with Gasteiger partial charge in [0.25, 0.3) is 0 Å². The van der Waals surface area contributed by atoms with Crippen molar-refractivity contribution in [2.75, 3.05) is 6.79 Å². The van der Waals surface area contributed by atoms with Gasteiger partial charge in [-0.3, -0.25) is 0 Å². The first-order chi connectivity index (χ1) is 12.2. The van der Waals surface area contributed by atoms with E-state index in [9.17, 15) is 9.50 Å². The molecule has 2 aliphatic heterocycles. The molecular weight excluding hydrogens is 323 g/mol. The summed E-state index contributed by atoms with van der Waals surface area (Å²) in [5, 5.41) is 10.7. The summed E-state index contributed by atoms with van der Waals surface area (Å²) >= 11 is 0. The highest BCUT2D eigenvalue weighted by Crippen LogP contribution is 2.44. The molecule has 0 saturated heterocycles. The topological polar surface area (TPSA) is 56.5 Å². The number of hydrogen-bond acceptors (Lipinski definition) is 4. The summed E-state index contributed by atoms with van der Waals surface area (Å²) in [6.07, 6.45) is 2.94. The lowest BCUT2D eigenvalue weighted by atomic mass is 9.95. The first-order valence-corrected chi connectivity index (χ1v) is 8.10. The second kappa shape index (κ2) is 5.32. The lowest BCUT2D eigenvalue weighted by Crippen LogP contribution is -2.11. The first kappa shape index (κ1) is 14.5. The van der Waals surface area contributed by atoms with Crippen LogP contribution in [0.5, 0.6) is 11.5 Å². The van der Waals surface area contributed by atoms with Gasteiger partial charge in [-0.25, -0.2) is 9.37 Å². The van der Waals surface area contributed by atoms with Gasteiger partial charge in [-0.15, -0.1) is 0 Å². The van der Waals surface area contributed by atoms with Gasteiger partial charge in [0.2, 0.25) is 6.79 Å². The Morgan fingerprint density at radius 2 is 2.04 bits per heavy atom. The van der Waals surface area contributed by atoms with Gasteiger partial charge in [-0.1, -0.05) is 24.3 Å². The number of aliphatic hydroxyl groups excluding tert-OH is 1. The molecule has 2 aromatic carbocycles. The van der Waals surface area contributed by atoms with Crippen molar-refractivity contribution in [2.45, 2.75) is 18.6 Å². The van der Waals surface area contributed by atoms with Gasteiger partial charge in [0.05, 0.1) is 30.4 Å². The fraction of sp³-hybridized carbons (Fsp3) is 0.211. The Bertz CT molecular complexity index is 969. The molecule has 2 atom stereocenters. The molecule has 3 heterocycles. The average molecular weight is 338 g/mol. The standard InChI is InChI=1S/C19H15FN2O3/c20-14-6-19-18(24-10-25-19)5-13(14)17(23)7-15-11-3-1-2-4-12(11)16-8-21-9-22(15)16/h1-6,8-9,15,17,23H,7,10H2/t15-,17+/m0/s1. The molecular formula is C19H15FN2O3. The summed E-state index contributed by atoms with van der Waals surface area (Å²) in [6, 6.07) is 10.7. The van der Waals surface area contributed by atoms with E-state index in [0.717, 1.165) is 16.8 Å².